The number of carbonyl (C=O) groups is 2. The molecule has 0 aromatic heterocycles. The molecule has 3 aromatic rings. The van der Waals surface area contributed by atoms with Gasteiger partial charge < -0.3 is 9.64 Å². The highest BCUT2D eigenvalue weighted by Crippen LogP contribution is 2.47. The minimum atomic E-state index is -0.400. The van der Waals surface area contributed by atoms with Crippen LogP contribution in [0.25, 0.3) is 11.1 Å². The van der Waals surface area contributed by atoms with Crippen LogP contribution in [0.3, 0.4) is 0 Å². The van der Waals surface area contributed by atoms with Crippen molar-refractivity contribution in [1.29, 1.82) is 0 Å². The van der Waals surface area contributed by atoms with E-state index in [1.165, 1.54) is 7.11 Å². The number of ether oxygens (including phenoxy) is 1. The van der Waals surface area contributed by atoms with Gasteiger partial charge in [0, 0.05) is 10.6 Å². The number of benzene rings is 3. The van der Waals surface area contributed by atoms with Crippen molar-refractivity contribution in [3.63, 3.8) is 0 Å². The largest absolute Gasteiger partial charge is 0.465 e. The van der Waals surface area contributed by atoms with E-state index in [9.17, 15) is 9.59 Å². The zero-order valence-corrected chi connectivity index (χ0v) is 19.9. The Bertz CT molecular complexity index is 1250. The number of hydrogen-bond acceptors (Lipinski definition) is 3. The van der Waals surface area contributed by atoms with Crippen LogP contribution < -0.4 is 4.90 Å². The van der Waals surface area contributed by atoms with Crippen LogP contribution >= 0.6 is 11.6 Å². The molecular weight excluding hydrogens is 434 g/mol. The highest BCUT2D eigenvalue weighted by molar-refractivity contribution is 6.38. The second-order valence-electron chi connectivity index (χ2n) is 9.11. The van der Waals surface area contributed by atoms with Crippen molar-refractivity contribution in [3.8, 4) is 0 Å². The molecule has 33 heavy (non-hydrogen) atoms. The first-order valence-corrected chi connectivity index (χ1v) is 11.2. The first kappa shape index (κ1) is 22.8. The van der Waals surface area contributed by atoms with Crippen molar-refractivity contribution in [3.05, 3.63) is 100 Å². The summed E-state index contributed by atoms with van der Waals surface area (Å²) in [6.45, 7) is 6.69. The van der Waals surface area contributed by atoms with E-state index in [0.717, 1.165) is 28.0 Å². The average molecular weight is 460 g/mol. The third kappa shape index (κ3) is 4.44. The third-order valence-corrected chi connectivity index (χ3v) is 6.00. The summed E-state index contributed by atoms with van der Waals surface area (Å²) in [5, 5.41) is 0.655. The molecule has 0 spiro atoms. The number of anilines is 1. The number of allylic oxidation sites excluding steroid dienone is 1. The lowest BCUT2D eigenvalue weighted by molar-refractivity contribution is -0.113. The minimum absolute atomic E-state index is 0.0560. The van der Waals surface area contributed by atoms with Gasteiger partial charge in [-0.25, -0.2) is 4.79 Å². The van der Waals surface area contributed by atoms with Crippen molar-refractivity contribution in [1.82, 2.24) is 0 Å². The number of methoxy groups -OCH3 is 1. The van der Waals surface area contributed by atoms with Crippen molar-refractivity contribution in [2.24, 2.45) is 5.41 Å². The minimum Gasteiger partial charge on any atom is -0.465 e. The van der Waals surface area contributed by atoms with Crippen LogP contribution in [0.15, 0.2) is 72.8 Å². The number of fused-ring (bicyclic) bond motifs is 1. The van der Waals surface area contributed by atoms with E-state index in [-0.39, 0.29) is 11.3 Å². The molecule has 168 valence electrons. The van der Waals surface area contributed by atoms with E-state index < -0.39 is 5.97 Å². The van der Waals surface area contributed by atoms with Gasteiger partial charge >= 0.3 is 5.97 Å². The van der Waals surface area contributed by atoms with Crippen LogP contribution in [0.5, 0.6) is 0 Å². The van der Waals surface area contributed by atoms with E-state index in [1.807, 2.05) is 54.6 Å². The number of carbonyl (C=O) groups excluding carboxylic acids is 2. The first-order chi connectivity index (χ1) is 15.7. The second-order valence-corrected chi connectivity index (χ2v) is 9.54. The molecule has 0 aliphatic carbocycles. The molecule has 4 nitrogen and oxygen atoms in total. The van der Waals surface area contributed by atoms with E-state index in [2.05, 4.69) is 20.8 Å². The molecule has 0 saturated carbocycles. The number of hydrogen-bond donors (Lipinski definition) is 0. The molecule has 0 atom stereocenters. The highest BCUT2D eigenvalue weighted by atomic mass is 35.5. The molecule has 0 saturated heterocycles. The lowest BCUT2D eigenvalue weighted by atomic mass is 9.78. The van der Waals surface area contributed by atoms with Crippen molar-refractivity contribution < 1.29 is 14.3 Å². The molecule has 0 fully saturated rings. The Balaban J connectivity index is 1.85. The van der Waals surface area contributed by atoms with Crippen LogP contribution in [0.1, 0.15) is 47.8 Å². The molecule has 4 rings (SSSR count). The number of esters is 1. The molecule has 3 aromatic carbocycles. The monoisotopic (exact) mass is 459 g/mol. The number of para-hydroxylation sites is 1. The Kier molecular flexibility index (Phi) is 6.13. The summed E-state index contributed by atoms with van der Waals surface area (Å²) in [4.78, 5) is 27.7. The molecule has 0 radical (unpaired) electrons. The summed E-state index contributed by atoms with van der Waals surface area (Å²) in [6, 6.07) is 22.7. The summed E-state index contributed by atoms with van der Waals surface area (Å²) >= 11 is 6.13. The fraction of sp³-hybridized carbons (Fsp3) is 0.214. The maximum absolute atomic E-state index is 13.9. The molecular formula is C28H26ClNO3. The summed E-state index contributed by atoms with van der Waals surface area (Å²) in [6.07, 6.45) is 0. The first-order valence-electron chi connectivity index (χ1n) is 10.8. The standard InChI is InChI=1S/C28H26ClNO3/c1-28(2,3)25(19-12-14-21(29)15-13-19)24-22-10-5-6-11-23(22)30(26(24)31)17-18-8-7-9-20(16-18)27(32)33-4/h5-16H,17H2,1-4H3. The zero-order chi connectivity index (χ0) is 23.8. The Morgan fingerprint density at radius 3 is 2.30 bits per heavy atom. The predicted octanol–water partition coefficient (Wildman–Crippen LogP) is 6.63. The Morgan fingerprint density at radius 2 is 1.64 bits per heavy atom. The van der Waals surface area contributed by atoms with Crippen LogP contribution in [0.2, 0.25) is 5.02 Å². The van der Waals surface area contributed by atoms with E-state index >= 15 is 0 Å². The maximum Gasteiger partial charge on any atom is 0.337 e. The summed E-state index contributed by atoms with van der Waals surface area (Å²) in [5.41, 5.74) is 5.44. The summed E-state index contributed by atoms with van der Waals surface area (Å²) in [7, 11) is 1.36. The zero-order valence-electron chi connectivity index (χ0n) is 19.2. The molecule has 1 aliphatic heterocycles. The van der Waals surface area contributed by atoms with Gasteiger partial charge in [0.25, 0.3) is 5.91 Å². The molecule has 1 heterocycles. The van der Waals surface area contributed by atoms with Gasteiger partial charge in [0.1, 0.15) is 0 Å². The highest BCUT2D eigenvalue weighted by Gasteiger charge is 2.37. The molecule has 0 N–H and O–H groups in total. The van der Waals surface area contributed by atoms with Crippen LogP contribution in [0.4, 0.5) is 5.69 Å². The Morgan fingerprint density at radius 1 is 0.939 bits per heavy atom. The topological polar surface area (TPSA) is 46.6 Å². The lowest BCUT2D eigenvalue weighted by Gasteiger charge is -2.26. The fourth-order valence-electron chi connectivity index (χ4n) is 4.34. The van der Waals surface area contributed by atoms with Crippen molar-refractivity contribution in [2.75, 3.05) is 12.0 Å². The Labute approximate surface area is 199 Å². The van der Waals surface area contributed by atoms with Gasteiger partial charge in [0.2, 0.25) is 0 Å². The third-order valence-electron chi connectivity index (χ3n) is 5.74. The molecule has 0 unspecified atom stereocenters. The van der Waals surface area contributed by atoms with Crippen molar-refractivity contribution in [2.45, 2.75) is 27.3 Å². The van der Waals surface area contributed by atoms with Crippen LogP contribution in [0, 0.1) is 5.41 Å². The van der Waals surface area contributed by atoms with E-state index in [4.69, 9.17) is 16.3 Å². The second kappa shape index (κ2) is 8.87. The lowest BCUT2D eigenvalue weighted by Crippen LogP contribution is -2.27. The van der Waals surface area contributed by atoms with E-state index in [0.29, 0.717) is 22.7 Å². The van der Waals surface area contributed by atoms with Crippen LogP contribution in [-0.2, 0) is 16.1 Å². The van der Waals surface area contributed by atoms with Gasteiger partial charge in [0.15, 0.2) is 0 Å². The SMILES string of the molecule is COC(=O)c1cccc(CN2C(=O)C(=C(c3ccc(Cl)cc3)C(C)(C)C)c3ccccc32)c1. The van der Waals surface area contributed by atoms with Crippen LogP contribution in [-0.4, -0.2) is 19.0 Å². The van der Waals surface area contributed by atoms with Gasteiger partial charge in [-0.05, 0) is 52.4 Å². The number of nitrogens with zero attached hydrogens (tertiary/aromatic N) is 1. The van der Waals surface area contributed by atoms with Gasteiger partial charge in [-0.2, -0.15) is 0 Å². The van der Waals surface area contributed by atoms with E-state index in [1.54, 1.807) is 23.1 Å². The number of amides is 1. The molecule has 5 heteroatoms. The van der Waals surface area contributed by atoms with Gasteiger partial charge in [0.05, 0.1) is 30.5 Å². The summed E-state index contributed by atoms with van der Waals surface area (Å²) in [5.74, 6) is -0.456. The Hall–Kier alpha value is -3.37. The fourth-order valence-corrected chi connectivity index (χ4v) is 4.47. The van der Waals surface area contributed by atoms with Gasteiger partial charge in [-0.15, -0.1) is 0 Å². The number of halogens is 1. The smallest absolute Gasteiger partial charge is 0.337 e. The van der Waals surface area contributed by atoms with Gasteiger partial charge in [-0.3, -0.25) is 4.79 Å². The van der Waals surface area contributed by atoms with Gasteiger partial charge in [-0.1, -0.05) is 74.8 Å². The molecule has 0 bridgehead atoms. The quantitative estimate of drug-likeness (QED) is 0.325. The average Bonchev–Trinajstić information content (AvgIpc) is 3.05. The predicted molar refractivity (Wildman–Crippen MR) is 133 cm³/mol. The molecule has 1 aliphatic rings. The maximum atomic E-state index is 13.9. The van der Waals surface area contributed by atoms with Crippen molar-refractivity contribution >= 4 is 40.3 Å². The molecule has 1 amide bonds. The summed E-state index contributed by atoms with van der Waals surface area (Å²) < 4.78 is 4.85. The normalized spacial score (nSPS) is 14.8. The number of rotatable bonds is 4.